The second-order valence-corrected chi connectivity index (χ2v) is 7.42. The summed E-state index contributed by atoms with van der Waals surface area (Å²) in [6, 6.07) is 5.94. The predicted molar refractivity (Wildman–Crippen MR) is 71.9 cm³/mol. The smallest absolute Gasteiger partial charge is 0.0701 e. The Hall–Kier alpha value is 0.1000. The van der Waals surface area contributed by atoms with E-state index in [0.717, 1.165) is 18.6 Å². The van der Waals surface area contributed by atoms with E-state index in [1.54, 1.807) is 0 Å². The quantitative estimate of drug-likeness (QED) is 0.903. The zero-order chi connectivity index (χ0) is 11.0. The van der Waals surface area contributed by atoms with Crippen LogP contribution in [0.3, 0.4) is 0 Å². The van der Waals surface area contributed by atoms with Gasteiger partial charge in [0.1, 0.15) is 0 Å². The van der Waals surface area contributed by atoms with Gasteiger partial charge in [-0.2, -0.15) is 0 Å². The first kappa shape index (κ1) is 11.2. The summed E-state index contributed by atoms with van der Waals surface area (Å²) in [7, 11) is 0. The molecule has 0 amide bonds. The number of halogens is 1. The molecule has 2 nitrogen and oxygen atoms in total. The van der Waals surface area contributed by atoms with E-state index < -0.39 is 0 Å². The van der Waals surface area contributed by atoms with Crippen molar-refractivity contribution in [1.82, 2.24) is 10.2 Å². The number of hydrogen-bond acceptors (Lipinski definition) is 3. The van der Waals surface area contributed by atoms with Crippen LogP contribution in [0.2, 0.25) is 0 Å². The van der Waals surface area contributed by atoms with Gasteiger partial charge < -0.3 is 5.32 Å². The van der Waals surface area contributed by atoms with Crippen LogP contribution >= 0.6 is 27.3 Å². The molecule has 1 aromatic rings. The summed E-state index contributed by atoms with van der Waals surface area (Å²) >= 11 is 5.40. The van der Waals surface area contributed by atoms with E-state index in [1.165, 1.54) is 41.0 Å². The first-order chi connectivity index (χ1) is 7.79. The van der Waals surface area contributed by atoms with Crippen molar-refractivity contribution in [3.8, 4) is 0 Å². The van der Waals surface area contributed by atoms with Crippen LogP contribution in [0, 0.1) is 0 Å². The molecule has 1 N–H and O–H groups in total. The molecule has 2 aliphatic rings. The van der Waals surface area contributed by atoms with Gasteiger partial charge in [0.25, 0.3) is 0 Å². The van der Waals surface area contributed by atoms with E-state index in [1.807, 2.05) is 11.3 Å². The molecule has 4 heteroatoms. The molecule has 0 radical (unpaired) electrons. The third kappa shape index (κ3) is 2.50. The fourth-order valence-corrected chi connectivity index (χ4v) is 4.34. The van der Waals surface area contributed by atoms with Crippen LogP contribution in [-0.2, 0) is 6.54 Å². The Balaban J connectivity index is 1.63. The minimum absolute atomic E-state index is 0.746. The number of thiophene rings is 1. The van der Waals surface area contributed by atoms with Crippen LogP contribution in [0.15, 0.2) is 15.9 Å². The lowest BCUT2D eigenvalue weighted by Crippen LogP contribution is -2.34. The molecule has 2 aliphatic heterocycles. The number of nitrogens with zero attached hydrogens (tertiary/aromatic N) is 1. The standard InChI is InChI=1S/C12H17BrN2S/c13-12-4-3-11(16-12)8-15-6-5-9-1-2-10(7-15)14-9/h3-4,9-10,14H,1-2,5-8H2. The third-order valence-electron chi connectivity index (χ3n) is 3.62. The van der Waals surface area contributed by atoms with E-state index in [0.29, 0.717) is 0 Å². The summed E-state index contributed by atoms with van der Waals surface area (Å²) in [4.78, 5) is 4.08. The normalized spacial score (nSPS) is 30.6. The van der Waals surface area contributed by atoms with Gasteiger partial charge in [0.2, 0.25) is 0 Å². The van der Waals surface area contributed by atoms with Gasteiger partial charge in [-0.15, -0.1) is 11.3 Å². The molecular weight excluding hydrogens is 284 g/mol. The molecule has 2 fully saturated rings. The lowest BCUT2D eigenvalue weighted by molar-refractivity contribution is 0.253. The Morgan fingerprint density at radius 2 is 2.19 bits per heavy atom. The fraction of sp³-hybridized carbons (Fsp3) is 0.667. The van der Waals surface area contributed by atoms with Crippen LogP contribution < -0.4 is 5.32 Å². The minimum atomic E-state index is 0.746. The highest BCUT2D eigenvalue weighted by atomic mass is 79.9. The van der Waals surface area contributed by atoms with Crippen LogP contribution in [0.4, 0.5) is 0 Å². The van der Waals surface area contributed by atoms with Gasteiger partial charge in [0.15, 0.2) is 0 Å². The van der Waals surface area contributed by atoms with Crippen molar-refractivity contribution in [2.75, 3.05) is 13.1 Å². The van der Waals surface area contributed by atoms with Gasteiger partial charge in [0.05, 0.1) is 3.79 Å². The summed E-state index contributed by atoms with van der Waals surface area (Å²) in [6.07, 6.45) is 4.08. The summed E-state index contributed by atoms with van der Waals surface area (Å²) in [5.41, 5.74) is 0. The highest BCUT2D eigenvalue weighted by Crippen LogP contribution is 2.26. The average molecular weight is 301 g/mol. The maximum absolute atomic E-state index is 3.73. The van der Waals surface area contributed by atoms with Crippen molar-refractivity contribution in [3.63, 3.8) is 0 Å². The van der Waals surface area contributed by atoms with Gasteiger partial charge in [-0.3, -0.25) is 4.90 Å². The van der Waals surface area contributed by atoms with E-state index >= 15 is 0 Å². The SMILES string of the molecule is Brc1ccc(CN2CCC3CCC(C2)N3)s1. The molecule has 3 heterocycles. The Kier molecular flexibility index (Phi) is 3.34. The molecule has 88 valence electrons. The molecule has 0 aliphatic carbocycles. The van der Waals surface area contributed by atoms with Crippen LogP contribution in [0.1, 0.15) is 24.1 Å². The molecule has 1 aromatic heterocycles. The molecular formula is C12H17BrN2S. The minimum Gasteiger partial charge on any atom is -0.310 e. The average Bonchev–Trinajstić information content (AvgIpc) is 2.77. The van der Waals surface area contributed by atoms with E-state index in [9.17, 15) is 0 Å². The van der Waals surface area contributed by atoms with Crippen molar-refractivity contribution < 1.29 is 0 Å². The molecule has 3 rings (SSSR count). The van der Waals surface area contributed by atoms with Gasteiger partial charge in [-0.05, 0) is 47.3 Å². The first-order valence-corrected chi connectivity index (χ1v) is 7.63. The van der Waals surface area contributed by atoms with Gasteiger partial charge >= 0.3 is 0 Å². The van der Waals surface area contributed by atoms with Crippen molar-refractivity contribution >= 4 is 27.3 Å². The predicted octanol–water partition coefficient (Wildman–Crippen LogP) is 2.84. The highest BCUT2D eigenvalue weighted by molar-refractivity contribution is 9.11. The largest absolute Gasteiger partial charge is 0.310 e. The number of fused-ring (bicyclic) bond motifs is 2. The summed E-state index contributed by atoms with van der Waals surface area (Å²) in [6.45, 7) is 3.61. The Morgan fingerprint density at radius 3 is 3.00 bits per heavy atom. The summed E-state index contributed by atoms with van der Waals surface area (Å²) in [5, 5.41) is 3.73. The monoisotopic (exact) mass is 300 g/mol. The van der Waals surface area contributed by atoms with Crippen molar-refractivity contribution in [2.45, 2.75) is 37.9 Å². The lowest BCUT2D eigenvalue weighted by Gasteiger charge is -2.23. The molecule has 0 aromatic carbocycles. The zero-order valence-corrected chi connectivity index (χ0v) is 11.7. The number of hydrogen-bond donors (Lipinski definition) is 1. The second kappa shape index (κ2) is 4.77. The van der Waals surface area contributed by atoms with Gasteiger partial charge in [0, 0.05) is 36.6 Å². The fourth-order valence-electron chi connectivity index (χ4n) is 2.82. The van der Waals surface area contributed by atoms with Crippen LogP contribution in [0.5, 0.6) is 0 Å². The molecule has 0 spiro atoms. The summed E-state index contributed by atoms with van der Waals surface area (Å²) in [5.74, 6) is 0. The topological polar surface area (TPSA) is 15.3 Å². The van der Waals surface area contributed by atoms with Gasteiger partial charge in [-0.25, -0.2) is 0 Å². The van der Waals surface area contributed by atoms with Gasteiger partial charge in [-0.1, -0.05) is 0 Å². The van der Waals surface area contributed by atoms with Crippen LogP contribution in [0.25, 0.3) is 0 Å². The Labute approximate surface area is 109 Å². The summed E-state index contributed by atoms with van der Waals surface area (Å²) < 4.78 is 1.25. The lowest BCUT2D eigenvalue weighted by atomic mass is 10.1. The maximum atomic E-state index is 3.73. The highest BCUT2D eigenvalue weighted by Gasteiger charge is 2.29. The third-order valence-corrected chi connectivity index (χ3v) is 5.22. The number of likely N-dealkylation sites (tertiary alicyclic amines) is 1. The zero-order valence-electron chi connectivity index (χ0n) is 9.29. The van der Waals surface area contributed by atoms with Crippen molar-refractivity contribution in [1.29, 1.82) is 0 Å². The number of nitrogens with one attached hydrogen (secondary N) is 1. The van der Waals surface area contributed by atoms with Crippen LogP contribution in [-0.4, -0.2) is 30.1 Å². The first-order valence-electron chi connectivity index (χ1n) is 6.02. The second-order valence-electron chi connectivity index (χ2n) is 4.87. The van der Waals surface area contributed by atoms with E-state index in [2.05, 4.69) is 38.3 Å². The molecule has 0 saturated carbocycles. The Morgan fingerprint density at radius 1 is 1.31 bits per heavy atom. The molecule has 2 saturated heterocycles. The number of rotatable bonds is 2. The maximum Gasteiger partial charge on any atom is 0.0701 e. The van der Waals surface area contributed by atoms with Crippen molar-refractivity contribution in [2.24, 2.45) is 0 Å². The molecule has 16 heavy (non-hydrogen) atoms. The molecule has 2 unspecified atom stereocenters. The van der Waals surface area contributed by atoms with E-state index in [4.69, 9.17) is 0 Å². The molecule has 2 atom stereocenters. The molecule has 2 bridgehead atoms. The Bertz CT molecular complexity index is 366. The van der Waals surface area contributed by atoms with E-state index in [-0.39, 0.29) is 0 Å². The van der Waals surface area contributed by atoms with Crippen molar-refractivity contribution in [3.05, 3.63) is 20.8 Å².